The third-order valence-electron chi connectivity index (χ3n) is 2.53. The van der Waals surface area contributed by atoms with Crippen LogP contribution >= 0.6 is 0 Å². The molecular formula is C12H15FN2OS. The highest BCUT2D eigenvalue weighted by Gasteiger charge is 2.07. The van der Waals surface area contributed by atoms with Crippen LogP contribution in [-0.2, 0) is 10.8 Å². The van der Waals surface area contributed by atoms with Crippen LogP contribution in [0.4, 0.5) is 10.1 Å². The van der Waals surface area contributed by atoms with E-state index in [9.17, 15) is 8.60 Å². The van der Waals surface area contributed by atoms with Crippen molar-refractivity contribution in [2.75, 3.05) is 18.1 Å². The predicted octanol–water partition coefficient (Wildman–Crippen LogP) is 2.27. The molecule has 1 aromatic rings. The highest BCUT2D eigenvalue weighted by atomic mass is 32.2. The Balaban J connectivity index is 2.53. The van der Waals surface area contributed by atoms with E-state index in [4.69, 9.17) is 5.26 Å². The average Bonchev–Trinajstić information content (AvgIpc) is 2.30. The van der Waals surface area contributed by atoms with Gasteiger partial charge in [0.2, 0.25) is 0 Å². The van der Waals surface area contributed by atoms with E-state index < -0.39 is 16.6 Å². The van der Waals surface area contributed by atoms with Gasteiger partial charge in [-0.3, -0.25) is 4.21 Å². The van der Waals surface area contributed by atoms with E-state index in [1.54, 1.807) is 18.4 Å². The second kappa shape index (κ2) is 6.36. The summed E-state index contributed by atoms with van der Waals surface area (Å²) in [5.74, 6) is -0.436. The lowest BCUT2D eigenvalue weighted by molar-refractivity contribution is 0.628. The van der Waals surface area contributed by atoms with Gasteiger partial charge in [-0.2, -0.15) is 5.26 Å². The minimum atomic E-state index is -0.855. The van der Waals surface area contributed by atoms with Gasteiger partial charge in [0, 0.05) is 28.9 Å². The summed E-state index contributed by atoms with van der Waals surface area (Å²) in [6, 6.07) is 6.18. The molecule has 0 amide bonds. The Bertz CT molecular complexity index is 456. The van der Waals surface area contributed by atoms with Gasteiger partial charge in [0.1, 0.15) is 5.82 Å². The van der Waals surface area contributed by atoms with Crippen molar-refractivity contribution in [2.45, 2.75) is 18.6 Å². The molecule has 0 aromatic heterocycles. The molecule has 0 aliphatic heterocycles. The topological polar surface area (TPSA) is 52.9 Å². The zero-order valence-corrected chi connectivity index (χ0v) is 10.7. The summed E-state index contributed by atoms with van der Waals surface area (Å²) in [5.41, 5.74) is 0.675. The van der Waals surface area contributed by atoms with E-state index in [2.05, 4.69) is 5.32 Å². The average molecular weight is 254 g/mol. The number of nitriles is 1. The number of nitrogens with one attached hydrogen (secondary N) is 1. The second-order valence-electron chi connectivity index (χ2n) is 3.83. The van der Waals surface area contributed by atoms with Gasteiger partial charge in [-0.25, -0.2) is 4.39 Å². The fourth-order valence-corrected chi connectivity index (χ4v) is 1.75. The smallest absolute Gasteiger partial charge is 0.147 e. The fraction of sp³-hybridized carbons (Fsp3) is 0.417. The molecule has 0 saturated carbocycles. The maximum Gasteiger partial charge on any atom is 0.147 e. The Morgan fingerprint density at radius 2 is 2.29 bits per heavy atom. The monoisotopic (exact) mass is 254 g/mol. The largest absolute Gasteiger partial charge is 0.383 e. The highest BCUT2D eigenvalue weighted by molar-refractivity contribution is 7.84. The summed E-state index contributed by atoms with van der Waals surface area (Å²) in [5, 5.41) is 11.6. The first-order chi connectivity index (χ1) is 8.04. The quantitative estimate of drug-likeness (QED) is 0.877. The molecule has 3 nitrogen and oxygen atoms in total. The first kappa shape index (κ1) is 13.7. The molecule has 0 bridgehead atoms. The van der Waals surface area contributed by atoms with Crippen LogP contribution in [0, 0.1) is 17.1 Å². The standard InChI is InChI=1S/C12H15FN2OS/c1-9(17(2)16)5-6-15-12-4-3-10(8-14)7-11(12)13/h3-4,7,9,15H,5-6H2,1-2H3. The van der Waals surface area contributed by atoms with Crippen LogP contribution in [0.15, 0.2) is 18.2 Å². The molecule has 0 radical (unpaired) electrons. The molecule has 0 heterocycles. The van der Waals surface area contributed by atoms with E-state index in [0.717, 1.165) is 0 Å². The van der Waals surface area contributed by atoms with Gasteiger partial charge >= 0.3 is 0 Å². The minimum absolute atomic E-state index is 0.0870. The highest BCUT2D eigenvalue weighted by Crippen LogP contribution is 2.15. The Morgan fingerprint density at radius 1 is 1.59 bits per heavy atom. The zero-order chi connectivity index (χ0) is 12.8. The van der Waals surface area contributed by atoms with Crippen LogP contribution in [0.25, 0.3) is 0 Å². The number of hydrogen-bond acceptors (Lipinski definition) is 3. The molecule has 1 rings (SSSR count). The van der Waals surface area contributed by atoms with Crippen molar-refractivity contribution in [2.24, 2.45) is 0 Å². The van der Waals surface area contributed by atoms with Crippen LogP contribution < -0.4 is 5.32 Å². The first-order valence-electron chi connectivity index (χ1n) is 5.30. The molecule has 0 spiro atoms. The van der Waals surface area contributed by atoms with Crippen molar-refractivity contribution in [3.8, 4) is 6.07 Å². The number of halogens is 1. The Morgan fingerprint density at radius 3 is 2.82 bits per heavy atom. The van der Waals surface area contributed by atoms with Gasteiger partial charge in [0.15, 0.2) is 0 Å². The van der Waals surface area contributed by atoms with Gasteiger partial charge in [-0.1, -0.05) is 6.92 Å². The molecule has 17 heavy (non-hydrogen) atoms. The molecule has 0 aliphatic carbocycles. The lowest BCUT2D eigenvalue weighted by atomic mass is 10.2. The molecule has 2 unspecified atom stereocenters. The van der Waals surface area contributed by atoms with Crippen molar-refractivity contribution in [1.82, 2.24) is 0 Å². The van der Waals surface area contributed by atoms with E-state index in [1.165, 1.54) is 6.07 Å². The molecule has 1 N–H and O–H groups in total. The van der Waals surface area contributed by atoms with Crippen molar-refractivity contribution >= 4 is 16.5 Å². The summed E-state index contributed by atoms with van der Waals surface area (Å²) in [6.07, 6.45) is 2.37. The first-order valence-corrected chi connectivity index (χ1v) is 6.92. The molecule has 0 fully saturated rings. The number of anilines is 1. The van der Waals surface area contributed by atoms with Gasteiger partial charge in [0.25, 0.3) is 0 Å². The van der Waals surface area contributed by atoms with Gasteiger partial charge in [0.05, 0.1) is 17.3 Å². The molecule has 92 valence electrons. The van der Waals surface area contributed by atoms with E-state index in [0.29, 0.717) is 24.2 Å². The lowest BCUT2D eigenvalue weighted by Crippen LogP contribution is -2.15. The van der Waals surface area contributed by atoms with Crippen molar-refractivity contribution in [3.05, 3.63) is 29.6 Å². The van der Waals surface area contributed by atoms with Gasteiger partial charge < -0.3 is 5.32 Å². The maximum atomic E-state index is 13.4. The van der Waals surface area contributed by atoms with Gasteiger partial charge in [-0.05, 0) is 24.6 Å². The third kappa shape index (κ3) is 4.16. The Labute approximate surface area is 103 Å². The number of rotatable bonds is 5. The summed E-state index contributed by atoms with van der Waals surface area (Å²) in [4.78, 5) is 0. The van der Waals surface area contributed by atoms with Crippen LogP contribution in [0.3, 0.4) is 0 Å². The van der Waals surface area contributed by atoms with Crippen molar-refractivity contribution < 1.29 is 8.60 Å². The SMILES string of the molecule is CC(CCNc1ccc(C#N)cc1F)S(C)=O. The van der Waals surface area contributed by atoms with E-state index >= 15 is 0 Å². The molecular weight excluding hydrogens is 239 g/mol. The molecule has 1 aromatic carbocycles. The van der Waals surface area contributed by atoms with Crippen LogP contribution in [0.1, 0.15) is 18.9 Å². The summed E-state index contributed by atoms with van der Waals surface area (Å²) >= 11 is 0. The molecule has 0 aliphatic rings. The Hall–Kier alpha value is -1.41. The number of hydrogen-bond donors (Lipinski definition) is 1. The maximum absolute atomic E-state index is 13.4. The number of nitrogens with zero attached hydrogens (tertiary/aromatic N) is 1. The summed E-state index contributed by atoms with van der Waals surface area (Å²) in [7, 11) is -0.855. The van der Waals surface area contributed by atoms with E-state index in [-0.39, 0.29) is 5.25 Å². The fourth-order valence-electron chi connectivity index (χ4n) is 1.30. The zero-order valence-electron chi connectivity index (χ0n) is 9.87. The normalized spacial score (nSPS) is 13.8. The summed E-state index contributed by atoms with van der Waals surface area (Å²) in [6.45, 7) is 2.45. The summed E-state index contributed by atoms with van der Waals surface area (Å²) < 4.78 is 24.6. The number of benzene rings is 1. The molecule has 0 saturated heterocycles. The van der Waals surface area contributed by atoms with Crippen molar-refractivity contribution in [1.29, 1.82) is 5.26 Å². The molecule has 5 heteroatoms. The third-order valence-corrected chi connectivity index (χ3v) is 3.90. The van der Waals surface area contributed by atoms with Crippen LogP contribution in [-0.4, -0.2) is 22.3 Å². The van der Waals surface area contributed by atoms with Crippen molar-refractivity contribution in [3.63, 3.8) is 0 Å². The van der Waals surface area contributed by atoms with E-state index in [1.807, 2.05) is 13.0 Å². The van der Waals surface area contributed by atoms with Crippen LogP contribution in [0.5, 0.6) is 0 Å². The van der Waals surface area contributed by atoms with Gasteiger partial charge in [-0.15, -0.1) is 0 Å². The molecule has 2 atom stereocenters. The predicted molar refractivity (Wildman–Crippen MR) is 67.8 cm³/mol. The minimum Gasteiger partial charge on any atom is -0.383 e. The lowest BCUT2D eigenvalue weighted by Gasteiger charge is -2.10. The van der Waals surface area contributed by atoms with Crippen LogP contribution in [0.2, 0.25) is 0 Å². The second-order valence-corrected chi connectivity index (χ2v) is 5.63. The Kier molecular flexibility index (Phi) is 5.11.